The Morgan fingerprint density at radius 2 is 2.30 bits per heavy atom. The van der Waals surface area contributed by atoms with Crippen molar-refractivity contribution in [3.63, 3.8) is 0 Å². The number of carbonyl (C=O) groups is 1. The van der Waals surface area contributed by atoms with E-state index >= 15 is 0 Å². The van der Waals surface area contributed by atoms with Crippen LogP contribution in [0.15, 0.2) is 34.1 Å². The lowest BCUT2D eigenvalue weighted by Crippen LogP contribution is -2.37. The van der Waals surface area contributed by atoms with E-state index < -0.39 is 0 Å². The van der Waals surface area contributed by atoms with Crippen LogP contribution in [0.5, 0.6) is 0 Å². The molecule has 120 valence electrons. The largest absolute Gasteiger partial charge is 0.467 e. The number of allylic oxidation sites excluding steroid dienone is 1. The molecule has 0 bridgehead atoms. The molecule has 2 aromatic heterocycles. The third kappa shape index (κ3) is 2.13. The summed E-state index contributed by atoms with van der Waals surface area (Å²) >= 11 is 0. The first-order chi connectivity index (χ1) is 11.2. The Labute approximate surface area is 133 Å². The first kappa shape index (κ1) is 14.0. The van der Waals surface area contributed by atoms with Crippen molar-refractivity contribution < 1.29 is 9.21 Å². The van der Waals surface area contributed by atoms with E-state index in [0.29, 0.717) is 12.5 Å². The maximum atomic E-state index is 13.1. The highest BCUT2D eigenvalue weighted by molar-refractivity contribution is 5.95. The molecule has 1 saturated heterocycles. The molecule has 0 radical (unpaired) electrons. The Bertz CT molecular complexity index is 763. The second-order valence-corrected chi connectivity index (χ2v) is 5.93. The fourth-order valence-corrected chi connectivity index (χ4v) is 3.34. The third-order valence-corrected chi connectivity index (χ3v) is 4.70. The zero-order valence-corrected chi connectivity index (χ0v) is 13.1. The van der Waals surface area contributed by atoms with E-state index in [2.05, 4.69) is 15.5 Å². The molecule has 8 nitrogen and oxygen atoms in total. The van der Waals surface area contributed by atoms with E-state index in [-0.39, 0.29) is 11.9 Å². The summed E-state index contributed by atoms with van der Waals surface area (Å²) in [7, 11) is 1.87. The van der Waals surface area contributed by atoms with E-state index in [0.717, 1.165) is 36.4 Å². The van der Waals surface area contributed by atoms with Gasteiger partial charge in [0.1, 0.15) is 5.76 Å². The average molecular weight is 314 g/mol. The van der Waals surface area contributed by atoms with Gasteiger partial charge < -0.3 is 14.2 Å². The quantitative estimate of drug-likeness (QED) is 0.832. The Hall–Kier alpha value is -2.64. The van der Waals surface area contributed by atoms with Crippen LogP contribution in [-0.2, 0) is 11.3 Å². The Morgan fingerprint density at radius 1 is 1.43 bits per heavy atom. The molecule has 0 unspecified atom stereocenters. The minimum Gasteiger partial charge on any atom is -0.467 e. The van der Waals surface area contributed by atoms with Gasteiger partial charge in [-0.25, -0.2) is 4.68 Å². The van der Waals surface area contributed by atoms with Crippen LogP contribution in [0.3, 0.4) is 0 Å². The van der Waals surface area contributed by atoms with Crippen molar-refractivity contribution in [2.75, 3.05) is 18.5 Å². The summed E-state index contributed by atoms with van der Waals surface area (Å²) in [4.78, 5) is 16.9. The Balaban J connectivity index is 1.65. The zero-order chi connectivity index (χ0) is 16.0. The maximum absolute atomic E-state index is 13.1. The molecule has 0 aromatic carbocycles. The number of amides is 1. The van der Waals surface area contributed by atoms with E-state index in [9.17, 15) is 4.79 Å². The van der Waals surface area contributed by atoms with E-state index in [1.54, 1.807) is 10.9 Å². The lowest BCUT2D eigenvalue weighted by Gasteiger charge is -2.30. The molecular formula is C15H18N6O2. The predicted octanol–water partition coefficient (Wildman–Crippen LogP) is 1.35. The highest BCUT2D eigenvalue weighted by atomic mass is 16.3. The molecule has 2 aliphatic rings. The number of nitrogens with zero attached hydrogens (tertiary/aromatic N) is 6. The second-order valence-electron chi connectivity index (χ2n) is 5.93. The number of tetrazole rings is 1. The van der Waals surface area contributed by atoms with Gasteiger partial charge in [0, 0.05) is 19.3 Å². The predicted molar refractivity (Wildman–Crippen MR) is 81.3 cm³/mol. The first-order valence-electron chi connectivity index (χ1n) is 7.71. The fourth-order valence-electron chi connectivity index (χ4n) is 3.34. The minimum absolute atomic E-state index is 0.0124. The number of rotatable bonds is 2. The van der Waals surface area contributed by atoms with Crippen molar-refractivity contribution in [1.29, 1.82) is 0 Å². The van der Waals surface area contributed by atoms with Crippen molar-refractivity contribution in [1.82, 2.24) is 25.1 Å². The van der Waals surface area contributed by atoms with Crippen molar-refractivity contribution in [2.45, 2.75) is 32.4 Å². The average Bonchev–Trinajstić information content (AvgIpc) is 3.30. The van der Waals surface area contributed by atoms with Crippen molar-refractivity contribution in [2.24, 2.45) is 0 Å². The van der Waals surface area contributed by atoms with Crippen LogP contribution < -0.4 is 4.90 Å². The SMILES string of the molecule is CC1=C(C(=O)N2CCC[C@H]2c2ccco2)Cn2nnnc2N1C. The van der Waals surface area contributed by atoms with E-state index in [1.807, 2.05) is 35.9 Å². The van der Waals surface area contributed by atoms with Crippen LogP contribution in [0, 0.1) is 0 Å². The molecule has 4 rings (SSSR count). The number of likely N-dealkylation sites (tertiary alicyclic amines) is 1. The fraction of sp³-hybridized carbons (Fsp3) is 0.467. The molecule has 23 heavy (non-hydrogen) atoms. The molecule has 2 aromatic rings. The highest BCUT2D eigenvalue weighted by Gasteiger charge is 2.36. The van der Waals surface area contributed by atoms with Gasteiger partial charge in [-0.15, -0.1) is 0 Å². The first-order valence-corrected chi connectivity index (χ1v) is 7.71. The number of hydrogen-bond donors (Lipinski definition) is 0. The second kappa shape index (κ2) is 5.22. The van der Waals surface area contributed by atoms with Gasteiger partial charge in [0.15, 0.2) is 0 Å². The number of hydrogen-bond acceptors (Lipinski definition) is 6. The summed E-state index contributed by atoms with van der Waals surface area (Å²) in [5.41, 5.74) is 1.62. The van der Waals surface area contributed by atoms with Gasteiger partial charge in [0.05, 0.1) is 24.4 Å². The number of aromatic nitrogens is 4. The van der Waals surface area contributed by atoms with Gasteiger partial charge in [-0.2, -0.15) is 0 Å². The van der Waals surface area contributed by atoms with Crippen LogP contribution >= 0.6 is 0 Å². The van der Waals surface area contributed by atoms with Gasteiger partial charge in [-0.3, -0.25) is 4.79 Å². The normalized spacial score (nSPS) is 21.0. The topological polar surface area (TPSA) is 80.3 Å². The maximum Gasteiger partial charge on any atom is 0.254 e. The molecule has 4 heterocycles. The number of furan rings is 1. The van der Waals surface area contributed by atoms with Crippen LogP contribution in [0.2, 0.25) is 0 Å². The van der Waals surface area contributed by atoms with Gasteiger partial charge >= 0.3 is 0 Å². The molecule has 0 spiro atoms. The summed E-state index contributed by atoms with van der Waals surface area (Å²) < 4.78 is 7.17. The van der Waals surface area contributed by atoms with Gasteiger partial charge in [-0.05, 0) is 42.3 Å². The van der Waals surface area contributed by atoms with Crippen LogP contribution in [-0.4, -0.2) is 44.6 Å². The minimum atomic E-state index is 0.0124. The van der Waals surface area contributed by atoms with Crippen molar-refractivity contribution >= 4 is 11.9 Å². The summed E-state index contributed by atoms with van der Waals surface area (Å²) in [6.45, 7) is 3.08. The molecule has 1 fully saturated rings. The molecule has 1 atom stereocenters. The smallest absolute Gasteiger partial charge is 0.254 e. The molecule has 0 saturated carbocycles. The Kier molecular flexibility index (Phi) is 3.17. The number of anilines is 1. The Morgan fingerprint density at radius 3 is 3.09 bits per heavy atom. The van der Waals surface area contributed by atoms with Crippen LogP contribution in [0.1, 0.15) is 31.6 Å². The standard InChI is InChI=1S/C15H18N6O2/c1-10-11(9-21-15(19(10)2)16-17-18-21)14(22)20-7-3-5-12(20)13-6-4-8-23-13/h4,6,8,12H,3,5,7,9H2,1-2H3/t12-/m0/s1. The van der Waals surface area contributed by atoms with Gasteiger partial charge in [-0.1, -0.05) is 5.10 Å². The highest BCUT2D eigenvalue weighted by Crippen LogP contribution is 2.35. The number of fused-ring (bicyclic) bond motifs is 1. The lowest BCUT2D eigenvalue weighted by molar-refractivity contribution is -0.128. The zero-order valence-electron chi connectivity index (χ0n) is 13.1. The van der Waals surface area contributed by atoms with E-state index in [4.69, 9.17) is 4.42 Å². The van der Waals surface area contributed by atoms with Crippen LogP contribution in [0.25, 0.3) is 0 Å². The molecule has 8 heteroatoms. The number of carbonyl (C=O) groups excluding carboxylic acids is 1. The molecule has 0 aliphatic carbocycles. The molecule has 2 aliphatic heterocycles. The van der Waals surface area contributed by atoms with Crippen molar-refractivity contribution in [3.05, 3.63) is 35.4 Å². The van der Waals surface area contributed by atoms with Gasteiger partial charge in [0.25, 0.3) is 5.91 Å². The molecule has 0 N–H and O–H groups in total. The van der Waals surface area contributed by atoms with Crippen molar-refractivity contribution in [3.8, 4) is 0 Å². The summed E-state index contributed by atoms with van der Waals surface area (Å²) in [6.07, 6.45) is 3.57. The third-order valence-electron chi connectivity index (χ3n) is 4.70. The van der Waals surface area contributed by atoms with Gasteiger partial charge in [0.2, 0.25) is 5.95 Å². The lowest BCUT2D eigenvalue weighted by atomic mass is 10.1. The summed E-state index contributed by atoms with van der Waals surface area (Å²) in [5.74, 6) is 1.54. The monoisotopic (exact) mass is 314 g/mol. The molecular weight excluding hydrogens is 296 g/mol. The summed E-state index contributed by atoms with van der Waals surface area (Å²) in [5, 5.41) is 11.6. The molecule has 1 amide bonds. The van der Waals surface area contributed by atoms with Crippen LogP contribution in [0.4, 0.5) is 5.95 Å². The van der Waals surface area contributed by atoms with E-state index in [1.165, 1.54) is 0 Å². The summed E-state index contributed by atoms with van der Waals surface area (Å²) in [6, 6.07) is 3.81.